The van der Waals surface area contributed by atoms with Crippen molar-refractivity contribution in [2.45, 2.75) is 6.92 Å². The predicted octanol–water partition coefficient (Wildman–Crippen LogP) is 4.74. The number of halogens is 2. The van der Waals surface area contributed by atoms with Crippen LogP contribution in [0.25, 0.3) is 11.8 Å². The normalized spacial score (nSPS) is 10.8. The molecule has 1 heterocycles. The number of carbonyl (C=O) groups is 1. The third kappa shape index (κ3) is 3.56. The number of benzene rings is 2. The summed E-state index contributed by atoms with van der Waals surface area (Å²) in [6.07, 6.45) is 3.01. The molecule has 0 saturated heterocycles. The van der Waals surface area contributed by atoms with Crippen LogP contribution in [0.15, 0.2) is 54.6 Å². The average molecular weight is 366 g/mol. The van der Waals surface area contributed by atoms with Gasteiger partial charge in [-0.2, -0.15) is 10.4 Å². The van der Waals surface area contributed by atoms with Crippen LogP contribution in [0.4, 0.5) is 4.39 Å². The van der Waals surface area contributed by atoms with E-state index < -0.39 is 0 Å². The summed E-state index contributed by atoms with van der Waals surface area (Å²) in [5.74, 6) is -0.554. The van der Waals surface area contributed by atoms with Crippen molar-refractivity contribution in [3.05, 3.63) is 88.0 Å². The van der Waals surface area contributed by atoms with Crippen molar-refractivity contribution in [2.75, 3.05) is 0 Å². The van der Waals surface area contributed by atoms with Gasteiger partial charge in [-0.3, -0.25) is 4.79 Å². The summed E-state index contributed by atoms with van der Waals surface area (Å²) in [6.45, 7) is 1.78. The molecule has 6 heteroatoms. The number of hydrogen-bond acceptors (Lipinski definition) is 3. The third-order valence-electron chi connectivity index (χ3n) is 3.82. The van der Waals surface area contributed by atoms with E-state index in [4.69, 9.17) is 16.9 Å². The molecule has 4 nitrogen and oxygen atoms in total. The number of allylic oxidation sites excluding steroid dienone is 1. The number of aryl methyl sites for hydroxylation is 1. The van der Waals surface area contributed by atoms with Gasteiger partial charge in [0, 0.05) is 11.1 Å². The molecule has 0 aliphatic rings. The van der Waals surface area contributed by atoms with Crippen LogP contribution in [0.1, 0.15) is 27.2 Å². The fourth-order valence-electron chi connectivity index (χ4n) is 2.42. The second-order valence-electron chi connectivity index (χ2n) is 5.56. The van der Waals surface area contributed by atoms with Gasteiger partial charge in [0.1, 0.15) is 11.0 Å². The molecule has 26 heavy (non-hydrogen) atoms. The van der Waals surface area contributed by atoms with Gasteiger partial charge in [-0.25, -0.2) is 9.07 Å². The van der Waals surface area contributed by atoms with Gasteiger partial charge >= 0.3 is 0 Å². The van der Waals surface area contributed by atoms with Crippen LogP contribution in [0.5, 0.6) is 0 Å². The van der Waals surface area contributed by atoms with Crippen LogP contribution in [0.3, 0.4) is 0 Å². The first-order valence-corrected chi connectivity index (χ1v) is 8.11. The Labute approximate surface area is 154 Å². The van der Waals surface area contributed by atoms with Crippen LogP contribution in [0.2, 0.25) is 5.15 Å². The number of rotatable bonds is 4. The highest BCUT2D eigenvalue weighted by Crippen LogP contribution is 2.25. The van der Waals surface area contributed by atoms with E-state index in [1.54, 1.807) is 49.4 Å². The number of nitrogens with zero attached hydrogens (tertiary/aromatic N) is 3. The molecular formula is C20H13ClFN3O. The van der Waals surface area contributed by atoms with Crippen molar-refractivity contribution in [1.29, 1.82) is 5.26 Å². The Balaban J connectivity index is 1.87. The SMILES string of the molecule is Cc1nn(-c2ccc(F)cc2)c(Cl)c1/C=C/C(=O)c1ccc(C#N)cc1. The van der Waals surface area contributed by atoms with Crippen LogP contribution >= 0.6 is 11.6 Å². The molecule has 3 aromatic rings. The summed E-state index contributed by atoms with van der Waals surface area (Å²) in [6, 6.07) is 14.2. The van der Waals surface area contributed by atoms with Gasteiger partial charge in [-0.05, 0) is 67.6 Å². The summed E-state index contributed by atoms with van der Waals surface area (Å²) in [5.41, 5.74) is 2.84. The summed E-state index contributed by atoms with van der Waals surface area (Å²) < 4.78 is 14.6. The van der Waals surface area contributed by atoms with E-state index in [1.807, 2.05) is 6.07 Å². The number of hydrogen-bond donors (Lipinski definition) is 0. The molecule has 0 saturated carbocycles. The lowest BCUT2D eigenvalue weighted by atomic mass is 10.1. The molecule has 0 amide bonds. The van der Waals surface area contributed by atoms with E-state index in [0.717, 1.165) is 0 Å². The Morgan fingerprint density at radius 1 is 1.19 bits per heavy atom. The highest BCUT2D eigenvalue weighted by molar-refractivity contribution is 6.31. The quantitative estimate of drug-likeness (QED) is 0.495. The highest BCUT2D eigenvalue weighted by atomic mass is 35.5. The lowest BCUT2D eigenvalue weighted by Crippen LogP contribution is -1.96. The largest absolute Gasteiger partial charge is 0.289 e. The molecule has 2 aromatic carbocycles. The van der Waals surface area contributed by atoms with Gasteiger partial charge in [-0.1, -0.05) is 11.6 Å². The van der Waals surface area contributed by atoms with Gasteiger partial charge < -0.3 is 0 Å². The first-order valence-electron chi connectivity index (χ1n) is 7.73. The van der Waals surface area contributed by atoms with Crippen molar-refractivity contribution in [3.8, 4) is 11.8 Å². The molecule has 0 aliphatic heterocycles. The molecule has 1 aromatic heterocycles. The maximum Gasteiger partial charge on any atom is 0.185 e. The number of ketones is 1. The van der Waals surface area contributed by atoms with Gasteiger partial charge in [0.2, 0.25) is 0 Å². The summed E-state index contributed by atoms with van der Waals surface area (Å²) in [4.78, 5) is 12.3. The summed E-state index contributed by atoms with van der Waals surface area (Å²) in [5, 5.41) is 13.5. The van der Waals surface area contributed by atoms with Gasteiger partial charge in [0.25, 0.3) is 0 Å². The molecule has 128 valence electrons. The fourth-order valence-corrected chi connectivity index (χ4v) is 2.75. The van der Waals surface area contributed by atoms with Crippen molar-refractivity contribution >= 4 is 23.5 Å². The summed E-state index contributed by atoms with van der Waals surface area (Å²) >= 11 is 6.38. The van der Waals surface area contributed by atoms with Crippen molar-refractivity contribution in [1.82, 2.24) is 9.78 Å². The molecule has 0 fully saturated rings. The van der Waals surface area contributed by atoms with Crippen LogP contribution in [0, 0.1) is 24.1 Å². The molecule has 0 aliphatic carbocycles. The Morgan fingerprint density at radius 2 is 1.85 bits per heavy atom. The van der Waals surface area contributed by atoms with E-state index in [2.05, 4.69) is 5.10 Å². The minimum absolute atomic E-state index is 0.209. The second kappa shape index (κ2) is 7.34. The zero-order chi connectivity index (χ0) is 18.7. The van der Waals surface area contributed by atoms with E-state index in [9.17, 15) is 9.18 Å². The van der Waals surface area contributed by atoms with E-state index in [1.165, 1.54) is 22.9 Å². The lowest BCUT2D eigenvalue weighted by Gasteiger charge is -2.02. The smallest absolute Gasteiger partial charge is 0.185 e. The average Bonchev–Trinajstić information content (AvgIpc) is 2.94. The lowest BCUT2D eigenvalue weighted by molar-refractivity contribution is 0.104. The Bertz CT molecular complexity index is 1030. The summed E-state index contributed by atoms with van der Waals surface area (Å²) in [7, 11) is 0. The zero-order valence-electron chi connectivity index (χ0n) is 13.8. The first kappa shape index (κ1) is 17.6. The first-order chi connectivity index (χ1) is 12.5. The van der Waals surface area contributed by atoms with Crippen LogP contribution in [-0.2, 0) is 0 Å². The maximum absolute atomic E-state index is 13.1. The van der Waals surface area contributed by atoms with Crippen LogP contribution in [-0.4, -0.2) is 15.6 Å². The number of aromatic nitrogens is 2. The molecule has 0 spiro atoms. The second-order valence-corrected chi connectivity index (χ2v) is 5.92. The van der Waals surface area contributed by atoms with Crippen molar-refractivity contribution < 1.29 is 9.18 Å². The van der Waals surface area contributed by atoms with Crippen molar-refractivity contribution in [3.63, 3.8) is 0 Å². The minimum atomic E-state index is -0.345. The van der Waals surface area contributed by atoms with Crippen molar-refractivity contribution in [2.24, 2.45) is 0 Å². The maximum atomic E-state index is 13.1. The topological polar surface area (TPSA) is 58.7 Å². The van der Waals surface area contributed by atoms with Gasteiger partial charge in [0.15, 0.2) is 5.78 Å². The monoisotopic (exact) mass is 365 g/mol. The van der Waals surface area contributed by atoms with Gasteiger partial charge in [-0.15, -0.1) is 0 Å². The number of nitriles is 1. The Kier molecular flexibility index (Phi) is 4.97. The standard InChI is InChI=1S/C20H13ClFN3O/c1-13-18(10-11-19(26)15-4-2-14(12-23)3-5-15)20(21)25(24-13)17-8-6-16(22)7-9-17/h2-11H,1H3/b11-10+. The molecule has 0 bridgehead atoms. The fraction of sp³-hybridized carbons (Fsp3) is 0.0500. The highest BCUT2D eigenvalue weighted by Gasteiger charge is 2.13. The van der Waals surface area contributed by atoms with Gasteiger partial charge in [0.05, 0.1) is 23.0 Å². The van der Waals surface area contributed by atoms with Crippen LogP contribution < -0.4 is 0 Å². The predicted molar refractivity (Wildman–Crippen MR) is 97.8 cm³/mol. The number of carbonyl (C=O) groups excluding carboxylic acids is 1. The molecule has 0 unspecified atom stereocenters. The molecule has 0 atom stereocenters. The zero-order valence-corrected chi connectivity index (χ0v) is 14.5. The third-order valence-corrected chi connectivity index (χ3v) is 4.18. The molecule has 0 N–H and O–H groups in total. The minimum Gasteiger partial charge on any atom is -0.289 e. The van der Waals surface area contributed by atoms with E-state index in [-0.39, 0.29) is 11.6 Å². The Hall–Kier alpha value is -3.23. The molecule has 0 radical (unpaired) electrons. The van der Waals surface area contributed by atoms with E-state index >= 15 is 0 Å². The molecular weight excluding hydrogens is 353 g/mol. The van der Waals surface area contributed by atoms with E-state index in [0.29, 0.717) is 33.2 Å². The molecule has 3 rings (SSSR count). The Morgan fingerprint density at radius 3 is 2.46 bits per heavy atom.